The van der Waals surface area contributed by atoms with Gasteiger partial charge in [0.25, 0.3) is 5.69 Å². The van der Waals surface area contributed by atoms with Crippen LogP contribution in [0, 0.1) is 21.7 Å². The highest BCUT2D eigenvalue weighted by Crippen LogP contribution is 2.43. The molecule has 1 unspecified atom stereocenters. The van der Waals surface area contributed by atoms with E-state index < -0.39 is 28.6 Å². The van der Waals surface area contributed by atoms with Crippen LogP contribution in [0.3, 0.4) is 0 Å². The van der Waals surface area contributed by atoms with Gasteiger partial charge >= 0.3 is 5.97 Å². The zero-order valence-electron chi connectivity index (χ0n) is 21.9. The fourth-order valence-corrected chi connectivity index (χ4v) is 5.06. The number of halogens is 2. The number of hydrogen-bond acceptors (Lipinski definition) is 9. The van der Waals surface area contributed by atoms with Gasteiger partial charge in [-0.1, -0.05) is 18.2 Å². The predicted molar refractivity (Wildman–Crippen MR) is 145 cm³/mol. The number of nitro benzene ring substituents is 1. The lowest BCUT2D eigenvalue weighted by molar-refractivity contribution is -0.384. The van der Waals surface area contributed by atoms with E-state index in [0.717, 1.165) is 29.6 Å². The van der Waals surface area contributed by atoms with Crippen LogP contribution in [0.4, 0.5) is 31.5 Å². The summed E-state index contributed by atoms with van der Waals surface area (Å²) in [6.45, 7) is 1.97. The molecule has 3 aromatic rings. The number of carbonyl (C=O) groups is 1. The molecule has 2 aliphatic rings. The van der Waals surface area contributed by atoms with Crippen molar-refractivity contribution in [2.45, 2.75) is 12.5 Å². The molecule has 2 aliphatic heterocycles. The summed E-state index contributed by atoms with van der Waals surface area (Å²) < 4.78 is 40.8. The molecule has 2 heterocycles. The second-order valence-electron chi connectivity index (χ2n) is 9.32. The van der Waals surface area contributed by atoms with Crippen LogP contribution in [-0.2, 0) is 9.53 Å². The van der Waals surface area contributed by atoms with Gasteiger partial charge in [-0.15, -0.1) is 0 Å². The van der Waals surface area contributed by atoms with Gasteiger partial charge in [0, 0.05) is 55.6 Å². The summed E-state index contributed by atoms with van der Waals surface area (Å²) in [6.07, 6.45) is -0.266. The molecule has 0 saturated carbocycles. The summed E-state index contributed by atoms with van der Waals surface area (Å²) in [5.41, 5.74) is 0.859. The lowest BCUT2D eigenvalue weighted by Gasteiger charge is -2.45. The van der Waals surface area contributed by atoms with Crippen molar-refractivity contribution >= 4 is 34.7 Å². The summed E-state index contributed by atoms with van der Waals surface area (Å²) in [5.74, 6) is -1.04. The van der Waals surface area contributed by atoms with Crippen molar-refractivity contribution in [3.8, 4) is 5.75 Å². The van der Waals surface area contributed by atoms with E-state index in [1.807, 2.05) is 29.2 Å². The lowest BCUT2D eigenvalue weighted by atomic mass is 9.97. The first-order valence-electron chi connectivity index (χ1n) is 12.6. The number of esters is 1. The fraction of sp³-hybridized carbons (Fsp3) is 0.286. The first-order valence-corrected chi connectivity index (χ1v) is 12.6. The molecule has 0 aliphatic carbocycles. The minimum atomic E-state index is -0.932. The van der Waals surface area contributed by atoms with Gasteiger partial charge in [-0.05, 0) is 24.3 Å². The third kappa shape index (κ3) is 5.12. The Morgan fingerprint density at radius 3 is 2.42 bits per heavy atom. The number of nitrogens with zero attached hydrogens (tertiary/aromatic N) is 5. The molecule has 0 spiro atoms. The Hall–Kier alpha value is -4.74. The van der Waals surface area contributed by atoms with Gasteiger partial charge in [0.2, 0.25) is 5.96 Å². The van der Waals surface area contributed by atoms with E-state index in [1.54, 1.807) is 13.2 Å². The minimum absolute atomic E-state index is 0.0312. The summed E-state index contributed by atoms with van der Waals surface area (Å²) in [4.78, 5) is 33.6. The van der Waals surface area contributed by atoms with Gasteiger partial charge in [-0.2, -0.15) is 0 Å². The van der Waals surface area contributed by atoms with Crippen LogP contribution in [0.25, 0.3) is 0 Å². The van der Waals surface area contributed by atoms with Crippen molar-refractivity contribution in [1.29, 1.82) is 0 Å². The average molecular weight is 552 g/mol. The number of non-ortho nitro benzene ring substituents is 1. The Bertz CT molecular complexity index is 1480. The first-order chi connectivity index (χ1) is 19.3. The maximum absolute atomic E-state index is 15.4. The quantitative estimate of drug-likeness (QED) is 0.244. The largest absolute Gasteiger partial charge is 0.497 e. The van der Waals surface area contributed by atoms with Crippen LogP contribution >= 0.6 is 0 Å². The van der Waals surface area contributed by atoms with Crippen LogP contribution in [0.1, 0.15) is 18.0 Å². The number of carbonyl (C=O) groups excluding carboxylic acids is 1. The standard InChI is InChI=1S/C28H27F2N5O5/c1-39-20-6-3-5-18(15-20)32-11-13-33(14-12-32)28-31-27-21(7-4-8-23(27)30)24(17-26(36)40-2)34(28)25-16-19(35(37)38)9-10-22(25)29/h3-10,15-16,24H,11-14,17H2,1-2H3. The third-order valence-corrected chi connectivity index (χ3v) is 7.08. The molecule has 5 rings (SSSR count). The van der Waals surface area contributed by atoms with Gasteiger partial charge in [0.05, 0.1) is 37.3 Å². The molecular weight excluding hydrogens is 524 g/mol. The predicted octanol–water partition coefficient (Wildman–Crippen LogP) is 4.82. The Kier molecular flexibility index (Phi) is 7.50. The third-order valence-electron chi connectivity index (χ3n) is 7.08. The van der Waals surface area contributed by atoms with E-state index in [1.165, 1.54) is 24.1 Å². The highest BCUT2D eigenvalue weighted by Gasteiger charge is 2.39. The van der Waals surface area contributed by atoms with E-state index >= 15 is 8.78 Å². The minimum Gasteiger partial charge on any atom is -0.497 e. The SMILES string of the molecule is COC(=O)CC1c2cccc(F)c2N=C(N2CCN(c3cccc(OC)c3)CC2)N1c1cc([N+](=O)[O-])ccc1F. The van der Waals surface area contributed by atoms with Gasteiger partial charge in [0.1, 0.15) is 23.1 Å². The van der Waals surface area contributed by atoms with Crippen molar-refractivity contribution in [2.75, 3.05) is 50.2 Å². The Morgan fingerprint density at radius 1 is 1.00 bits per heavy atom. The summed E-state index contributed by atoms with van der Waals surface area (Å²) in [7, 11) is 2.82. The van der Waals surface area contributed by atoms with Gasteiger partial charge in [0.15, 0.2) is 0 Å². The van der Waals surface area contributed by atoms with Crippen molar-refractivity contribution < 1.29 is 28.0 Å². The molecule has 1 saturated heterocycles. The molecule has 3 aromatic carbocycles. The molecule has 40 heavy (non-hydrogen) atoms. The van der Waals surface area contributed by atoms with E-state index in [9.17, 15) is 14.9 Å². The molecule has 10 nitrogen and oxygen atoms in total. The zero-order chi connectivity index (χ0) is 28.4. The molecule has 0 bridgehead atoms. The number of ether oxygens (including phenoxy) is 2. The van der Waals surface area contributed by atoms with Gasteiger partial charge in [-0.3, -0.25) is 14.9 Å². The summed E-state index contributed by atoms with van der Waals surface area (Å²) in [6, 6.07) is 14.2. The number of fused-ring (bicyclic) bond motifs is 1. The van der Waals surface area contributed by atoms with Gasteiger partial charge in [-0.25, -0.2) is 13.8 Å². The molecule has 0 amide bonds. The van der Waals surface area contributed by atoms with Gasteiger partial charge < -0.3 is 24.2 Å². The monoisotopic (exact) mass is 551 g/mol. The number of para-hydroxylation sites is 1. The number of nitro groups is 1. The lowest BCUT2D eigenvalue weighted by Crippen LogP contribution is -2.55. The van der Waals surface area contributed by atoms with Crippen LogP contribution < -0.4 is 14.5 Å². The van der Waals surface area contributed by atoms with E-state index in [2.05, 4.69) is 9.89 Å². The van der Waals surface area contributed by atoms with Crippen molar-refractivity contribution in [2.24, 2.45) is 4.99 Å². The fourth-order valence-electron chi connectivity index (χ4n) is 5.06. The highest BCUT2D eigenvalue weighted by molar-refractivity contribution is 6.01. The molecule has 0 N–H and O–H groups in total. The number of guanidine groups is 1. The molecule has 0 aromatic heterocycles. The Balaban J connectivity index is 1.58. The molecule has 208 valence electrons. The van der Waals surface area contributed by atoms with Crippen LogP contribution in [-0.4, -0.2) is 62.2 Å². The zero-order valence-corrected chi connectivity index (χ0v) is 21.9. The number of rotatable bonds is 6. The Morgan fingerprint density at radius 2 is 1.73 bits per heavy atom. The van der Waals surface area contributed by atoms with Crippen LogP contribution in [0.15, 0.2) is 65.7 Å². The normalized spacial score (nSPS) is 16.8. The number of piperazine rings is 1. The second kappa shape index (κ2) is 11.2. The number of aliphatic imine (C=N–C) groups is 1. The maximum atomic E-state index is 15.4. The van der Waals surface area contributed by atoms with Crippen LogP contribution in [0.2, 0.25) is 0 Å². The van der Waals surface area contributed by atoms with Crippen LogP contribution in [0.5, 0.6) is 5.75 Å². The van der Waals surface area contributed by atoms with Crippen molar-refractivity contribution in [3.05, 3.63) is 88.0 Å². The maximum Gasteiger partial charge on any atom is 0.307 e. The number of hydrogen-bond donors (Lipinski definition) is 0. The Labute approximate surface area is 229 Å². The highest BCUT2D eigenvalue weighted by atomic mass is 19.1. The smallest absolute Gasteiger partial charge is 0.307 e. The van der Waals surface area contributed by atoms with E-state index in [4.69, 9.17) is 9.47 Å². The first kappa shape index (κ1) is 26.9. The summed E-state index contributed by atoms with van der Waals surface area (Å²) in [5, 5.41) is 11.6. The molecule has 0 radical (unpaired) electrons. The topological polar surface area (TPSA) is 101 Å². The second-order valence-corrected chi connectivity index (χ2v) is 9.32. The number of benzene rings is 3. The summed E-state index contributed by atoms with van der Waals surface area (Å²) >= 11 is 0. The van der Waals surface area contributed by atoms with E-state index in [-0.39, 0.29) is 29.4 Å². The van der Waals surface area contributed by atoms with Crippen molar-refractivity contribution in [1.82, 2.24) is 4.90 Å². The molecular formula is C28H27F2N5O5. The van der Waals surface area contributed by atoms with Crippen molar-refractivity contribution in [3.63, 3.8) is 0 Å². The molecule has 1 fully saturated rings. The molecule has 1 atom stereocenters. The molecule has 12 heteroatoms. The number of methoxy groups -OCH3 is 2. The average Bonchev–Trinajstić information content (AvgIpc) is 2.97. The van der Waals surface area contributed by atoms with E-state index in [0.29, 0.717) is 31.7 Å². The number of anilines is 2.